The normalized spacial score (nSPS) is 24.7. The van der Waals surface area contributed by atoms with Crippen LogP contribution in [-0.2, 0) is 6.54 Å². The van der Waals surface area contributed by atoms with Gasteiger partial charge in [0.2, 0.25) is 0 Å². The predicted molar refractivity (Wildman–Crippen MR) is 85.8 cm³/mol. The molecule has 0 bridgehead atoms. The Morgan fingerprint density at radius 1 is 1.21 bits per heavy atom. The zero-order valence-electron chi connectivity index (χ0n) is 13.0. The monoisotopic (exact) mass is 279 g/mol. The molecule has 2 unspecified atom stereocenters. The van der Waals surface area contributed by atoms with Gasteiger partial charge in [-0.3, -0.25) is 0 Å². The summed E-state index contributed by atoms with van der Waals surface area (Å²) in [6.45, 7) is 10.3. The first-order chi connectivity index (χ1) is 9.06. The van der Waals surface area contributed by atoms with Gasteiger partial charge in [0.05, 0.1) is 0 Å². The number of nitrogens with one attached hydrogen (secondary N) is 1. The van der Waals surface area contributed by atoms with Gasteiger partial charge in [-0.15, -0.1) is 11.3 Å². The van der Waals surface area contributed by atoms with E-state index in [0.717, 1.165) is 24.4 Å². The van der Waals surface area contributed by atoms with Crippen LogP contribution in [0, 0.1) is 25.7 Å². The molecule has 1 aromatic heterocycles. The summed E-state index contributed by atoms with van der Waals surface area (Å²) in [7, 11) is 0. The van der Waals surface area contributed by atoms with Crippen molar-refractivity contribution in [3.63, 3.8) is 0 Å². The van der Waals surface area contributed by atoms with Crippen molar-refractivity contribution >= 4 is 11.3 Å². The van der Waals surface area contributed by atoms with E-state index in [2.05, 4.69) is 39.1 Å². The molecule has 1 saturated carbocycles. The fourth-order valence-corrected chi connectivity index (χ4v) is 4.19. The Hall–Kier alpha value is -0.340. The van der Waals surface area contributed by atoms with Gasteiger partial charge in [-0.05, 0) is 56.6 Å². The zero-order valence-corrected chi connectivity index (χ0v) is 13.8. The van der Waals surface area contributed by atoms with Gasteiger partial charge in [0.15, 0.2) is 0 Å². The van der Waals surface area contributed by atoms with Gasteiger partial charge in [-0.2, -0.15) is 0 Å². The fraction of sp³-hybridized carbons (Fsp3) is 0.765. The third kappa shape index (κ3) is 4.32. The van der Waals surface area contributed by atoms with Crippen LogP contribution in [-0.4, -0.2) is 6.04 Å². The van der Waals surface area contributed by atoms with Crippen molar-refractivity contribution in [3.05, 3.63) is 21.4 Å². The van der Waals surface area contributed by atoms with E-state index in [1.165, 1.54) is 47.4 Å². The molecule has 108 valence electrons. The van der Waals surface area contributed by atoms with Crippen LogP contribution in [0.4, 0.5) is 0 Å². The highest BCUT2D eigenvalue weighted by Crippen LogP contribution is 2.29. The van der Waals surface area contributed by atoms with Crippen LogP contribution in [0.2, 0.25) is 0 Å². The summed E-state index contributed by atoms with van der Waals surface area (Å²) < 4.78 is 0. The summed E-state index contributed by atoms with van der Waals surface area (Å²) in [6.07, 6.45) is 6.99. The molecule has 2 rings (SSSR count). The second-order valence-corrected chi connectivity index (χ2v) is 7.88. The molecule has 0 amide bonds. The lowest BCUT2D eigenvalue weighted by Crippen LogP contribution is -2.27. The van der Waals surface area contributed by atoms with E-state index in [1.54, 1.807) is 0 Å². The molecule has 0 radical (unpaired) electrons. The molecule has 1 aliphatic carbocycles. The Balaban J connectivity index is 1.80. The number of rotatable bonds is 4. The summed E-state index contributed by atoms with van der Waals surface area (Å²) in [6, 6.07) is 3.09. The van der Waals surface area contributed by atoms with Crippen LogP contribution >= 0.6 is 11.3 Å². The van der Waals surface area contributed by atoms with Crippen molar-refractivity contribution in [1.29, 1.82) is 0 Å². The highest BCUT2D eigenvalue weighted by Gasteiger charge is 2.20. The average Bonchev–Trinajstić information content (AvgIpc) is 2.57. The van der Waals surface area contributed by atoms with Crippen molar-refractivity contribution in [2.75, 3.05) is 0 Å². The smallest absolute Gasteiger partial charge is 0.0302 e. The minimum Gasteiger partial charge on any atom is -0.309 e. The number of aryl methyl sites for hydroxylation is 2. The standard InChI is InChI=1S/C17H29NS/c1-12(2)15-6-5-7-16(9-8-15)18-11-17-10-13(3)14(4)19-17/h10,12,15-16,18H,5-9,11H2,1-4H3. The fourth-order valence-electron chi connectivity index (χ4n) is 3.18. The number of hydrogen-bond donors (Lipinski definition) is 1. The maximum Gasteiger partial charge on any atom is 0.0302 e. The second kappa shape index (κ2) is 6.90. The highest BCUT2D eigenvalue weighted by atomic mass is 32.1. The molecule has 0 aliphatic heterocycles. The van der Waals surface area contributed by atoms with Gasteiger partial charge in [-0.1, -0.05) is 26.7 Å². The molecule has 2 atom stereocenters. The minimum absolute atomic E-state index is 0.742. The van der Waals surface area contributed by atoms with Crippen molar-refractivity contribution in [2.24, 2.45) is 11.8 Å². The SMILES string of the molecule is Cc1cc(CNC2CCCC(C(C)C)CC2)sc1C. The maximum atomic E-state index is 3.79. The lowest BCUT2D eigenvalue weighted by Gasteiger charge is -2.19. The van der Waals surface area contributed by atoms with E-state index in [-0.39, 0.29) is 0 Å². The van der Waals surface area contributed by atoms with Crippen LogP contribution in [0.25, 0.3) is 0 Å². The van der Waals surface area contributed by atoms with Gasteiger partial charge >= 0.3 is 0 Å². The van der Waals surface area contributed by atoms with Crippen molar-refractivity contribution < 1.29 is 0 Å². The largest absolute Gasteiger partial charge is 0.309 e. The summed E-state index contributed by atoms with van der Waals surface area (Å²) in [5.74, 6) is 1.82. The molecular weight excluding hydrogens is 250 g/mol. The van der Waals surface area contributed by atoms with E-state index in [0.29, 0.717) is 0 Å². The van der Waals surface area contributed by atoms with E-state index in [4.69, 9.17) is 0 Å². The number of thiophene rings is 1. The molecule has 19 heavy (non-hydrogen) atoms. The van der Waals surface area contributed by atoms with Crippen LogP contribution in [0.1, 0.15) is 61.3 Å². The zero-order chi connectivity index (χ0) is 13.8. The minimum atomic E-state index is 0.742. The predicted octanol–water partition coefficient (Wildman–Crippen LogP) is 5.06. The van der Waals surface area contributed by atoms with E-state index < -0.39 is 0 Å². The molecule has 1 aliphatic rings. The summed E-state index contributed by atoms with van der Waals surface area (Å²) in [5, 5.41) is 3.79. The average molecular weight is 279 g/mol. The van der Waals surface area contributed by atoms with Gasteiger partial charge in [0.1, 0.15) is 0 Å². The molecule has 0 spiro atoms. The molecule has 1 nitrogen and oxygen atoms in total. The van der Waals surface area contributed by atoms with E-state index >= 15 is 0 Å². The third-order valence-electron chi connectivity index (χ3n) is 4.74. The molecule has 2 heteroatoms. The van der Waals surface area contributed by atoms with Crippen LogP contribution in [0.15, 0.2) is 6.07 Å². The topological polar surface area (TPSA) is 12.0 Å². The van der Waals surface area contributed by atoms with Crippen LogP contribution in [0.5, 0.6) is 0 Å². The first-order valence-electron chi connectivity index (χ1n) is 7.85. The lowest BCUT2D eigenvalue weighted by atomic mass is 9.89. The Bertz CT molecular complexity index is 374. The van der Waals surface area contributed by atoms with Gasteiger partial charge in [0, 0.05) is 22.3 Å². The molecule has 1 aromatic rings. The Labute approximate surface area is 122 Å². The second-order valence-electron chi connectivity index (χ2n) is 6.54. The van der Waals surface area contributed by atoms with Gasteiger partial charge in [0.25, 0.3) is 0 Å². The Morgan fingerprint density at radius 2 is 2.00 bits per heavy atom. The molecule has 0 saturated heterocycles. The van der Waals surface area contributed by atoms with Crippen molar-refractivity contribution in [2.45, 2.75) is 72.4 Å². The highest BCUT2D eigenvalue weighted by molar-refractivity contribution is 7.12. The summed E-state index contributed by atoms with van der Waals surface area (Å²) >= 11 is 1.95. The molecule has 1 N–H and O–H groups in total. The van der Waals surface area contributed by atoms with Crippen molar-refractivity contribution in [1.82, 2.24) is 5.32 Å². The van der Waals surface area contributed by atoms with Gasteiger partial charge < -0.3 is 5.32 Å². The first kappa shape index (κ1) is 15.1. The Kier molecular flexibility index (Phi) is 5.47. The van der Waals surface area contributed by atoms with Crippen molar-refractivity contribution in [3.8, 4) is 0 Å². The molecule has 1 fully saturated rings. The summed E-state index contributed by atoms with van der Waals surface area (Å²) in [4.78, 5) is 2.97. The molecule has 1 heterocycles. The summed E-state index contributed by atoms with van der Waals surface area (Å²) in [5.41, 5.74) is 1.45. The van der Waals surface area contributed by atoms with Gasteiger partial charge in [-0.25, -0.2) is 0 Å². The third-order valence-corrected chi connectivity index (χ3v) is 5.89. The van der Waals surface area contributed by atoms with E-state index in [9.17, 15) is 0 Å². The van der Waals surface area contributed by atoms with E-state index in [1.807, 2.05) is 11.3 Å². The molecule has 0 aromatic carbocycles. The lowest BCUT2D eigenvalue weighted by molar-refractivity contribution is 0.338. The maximum absolute atomic E-state index is 3.79. The number of hydrogen-bond acceptors (Lipinski definition) is 2. The molecular formula is C17H29NS. The van der Waals surface area contributed by atoms with Crippen LogP contribution in [0.3, 0.4) is 0 Å². The Morgan fingerprint density at radius 3 is 2.63 bits per heavy atom. The quantitative estimate of drug-likeness (QED) is 0.760. The van der Waals surface area contributed by atoms with Crippen LogP contribution < -0.4 is 5.32 Å². The first-order valence-corrected chi connectivity index (χ1v) is 8.67.